The van der Waals surface area contributed by atoms with E-state index >= 15 is 0 Å². The molecule has 3 nitrogen and oxygen atoms in total. The number of hydrogen-bond donors (Lipinski definition) is 2. The average molecular weight is 255 g/mol. The van der Waals surface area contributed by atoms with Crippen LogP contribution in [0.5, 0.6) is 0 Å². The van der Waals surface area contributed by atoms with Gasteiger partial charge in [0, 0.05) is 30.3 Å². The predicted molar refractivity (Wildman–Crippen MR) is 72.5 cm³/mol. The molecule has 2 N–H and O–H groups in total. The first kappa shape index (κ1) is 14.5. The normalized spacial score (nSPS) is 11.1. The molecule has 0 fully saturated rings. The Morgan fingerprint density at radius 1 is 1.00 bits per heavy atom. The summed E-state index contributed by atoms with van der Waals surface area (Å²) in [5.74, 6) is 0.975. The van der Waals surface area contributed by atoms with Crippen molar-refractivity contribution in [2.45, 2.75) is 11.8 Å². The summed E-state index contributed by atoms with van der Waals surface area (Å²) in [6.45, 7) is 4.53. The Bertz CT molecular complexity index is 297. The molecule has 0 saturated carbocycles. The lowest BCUT2D eigenvalue weighted by molar-refractivity contribution is 0.167. The van der Waals surface area contributed by atoms with E-state index in [1.54, 1.807) is 11.8 Å². The molecule has 4 heteroatoms. The SMILES string of the molecule is Cc1ccc(SCCN(CCO)CCO)cc1. The quantitative estimate of drug-likeness (QED) is 0.689. The van der Waals surface area contributed by atoms with Crippen LogP contribution in [-0.4, -0.2) is 53.7 Å². The van der Waals surface area contributed by atoms with Crippen LogP contribution in [0.2, 0.25) is 0 Å². The van der Waals surface area contributed by atoms with Crippen LogP contribution in [0.4, 0.5) is 0 Å². The molecule has 0 atom stereocenters. The maximum atomic E-state index is 8.88. The second-order valence-corrected chi connectivity index (χ2v) is 5.12. The average Bonchev–Trinajstić information content (AvgIpc) is 2.32. The van der Waals surface area contributed by atoms with E-state index < -0.39 is 0 Å². The van der Waals surface area contributed by atoms with Crippen LogP contribution in [0.3, 0.4) is 0 Å². The van der Waals surface area contributed by atoms with Gasteiger partial charge in [0.15, 0.2) is 0 Å². The highest BCUT2D eigenvalue weighted by molar-refractivity contribution is 7.99. The number of hydrogen-bond acceptors (Lipinski definition) is 4. The maximum absolute atomic E-state index is 8.88. The van der Waals surface area contributed by atoms with E-state index in [1.807, 2.05) is 0 Å². The molecule has 0 aliphatic heterocycles. The zero-order chi connectivity index (χ0) is 12.5. The monoisotopic (exact) mass is 255 g/mol. The smallest absolute Gasteiger partial charge is 0.0558 e. The number of aryl methyl sites for hydroxylation is 1. The fourth-order valence-electron chi connectivity index (χ4n) is 1.55. The highest BCUT2D eigenvalue weighted by Crippen LogP contribution is 2.18. The standard InChI is InChI=1S/C13H21NO2S/c1-12-2-4-13(5-3-12)17-11-8-14(6-9-15)7-10-16/h2-5,15-16H,6-11H2,1H3. The number of aliphatic hydroxyl groups excluding tert-OH is 2. The molecule has 0 aliphatic carbocycles. The number of rotatable bonds is 8. The number of aliphatic hydroxyl groups is 2. The minimum Gasteiger partial charge on any atom is -0.395 e. The third-order valence-corrected chi connectivity index (χ3v) is 3.52. The molecule has 17 heavy (non-hydrogen) atoms. The summed E-state index contributed by atoms with van der Waals surface area (Å²) in [4.78, 5) is 3.34. The molecular formula is C13H21NO2S. The number of thioether (sulfide) groups is 1. The van der Waals surface area contributed by atoms with Gasteiger partial charge in [0.25, 0.3) is 0 Å². The molecule has 0 amide bonds. The Balaban J connectivity index is 2.27. The van der Waals surface area contributed by atoms with Gasteiger partial charge in [-0.15, -0.1) is 11.8 Å². The Morgan fingerprint density at radius 2 is 1.59 bits per heavy atom. The molecule has 0 saturated heterocycles. The van der Waals surface area contributed by atoms with Gasteiger partial charge in [-0.05, 0) is 19.1 Å². The van der Waals surface area contributed by atoms with Crippen molar-refractivity contribution in [2.24, 2.45) is 0 Å². The predicted octanol–water partition coefficient (Wildman–Crippen LogP) is 1.37. The van der Waals surface area contributed by atoms with Crippen molar-refractivity contribution >= 4 is 11.8 Å². The zero-order valence-electron chi connectivity index (χ0n) is 10.3. The van der Waals surface area contributed by atoms with Crippen LogP contribution in [0.15, 0.2) is 29.2 Å². The second kappa shape index (κ2) is 8.53. The topological polar surface area (TPSA) is 43.7 Å². The van der Waals surface area contributed by atoms with E-state index in [0.29, 0.717) is 13.1 Å². The van der Waals surface area contributed by atoms with Gasteiger partial charge in [-0.3, -0.25) is 4.90 Å². The van der Waals surface area contributed by atoms with Crippen LogP contribution in [0.1, 0.15) is 5.56 Å². The van der Waals surface area contributed by atoms with Gasteiger partial charge in [0.2, 0.25) is 0 Å². The van der Waals surface area contributed by atoms with Gasteiger partial charge in [0.05, 0.1) is 13.2 Å². The van der Waals surface area contributed by atoms with Gasteiger partial charge in [-0.25, -0.2) is 0 Å². The van der Waals surface area contributed by atoms with Gasteiger partial charge in [0.1, 0.15) is 0 Å². The lowest BCUT2D eigenvalue weighted by Gasteiger charge is -2.19. The molecule has 0 unspecified atom stereocenters. The van der Waals surface area contributed by atoms with Gasteiger partial charge >= 0.3 is 0 Å². The molecule has 1 aromatic rings. The molecule has 0 aromatic heterocycles. The maximum Gasteiger partial charge on any atom is 0.0558 e. The van der Waals surface area contributed by atoms with E-state index in [-0.39, 0.29) is 13.2 Å². The van der Waals surface area contributed by atoms with Crippen molar-refractivity contribution in [1.29, 1.82) is 0 Å². The number of nitrogens with zero attached hydrogens (tertiary/aromatic N) is 1. The second-order valence-electron chi connectivity index (χ2n) is 3.95. The highest BCUT2D eigenvalue weighted by Gasteiger charge is 2.03. The van der Waals surface area contributed by atoms with E-state index in [4.69, 9.17) is 10.2 Å². The molecule has 1 rings (SSSR count). The molecular weight excluding hydrogens is 234 g/mol. The van der Waals surface area contributed by atoms with Crippen LogP contribution >= 0.6 is 11.8 Å². The lowest BCUT2D eigenvalue weighted by Crippen LogP contribution is -2.31. The third kappa shape index (κ3) is 6.07. The highest BCUT2D eigenvalue weighted by atomic mass is 32.2. The molecule has 96 valence electrons. The third-order valence-electron chi connectivity index (χ3n) is 2.53. The molecule has 0 radical (unpaired) electrons. The summed E-state index contributed by atoms with van der Waals surface area (Å²) in [5, 5.41) is 17.8. The van der Waals surface area contributed by atoms with Crippen molar-refractivity contribution in [1.82, 2.24) is 4.90 Å². The summed E-state index contributed by atoms with van der Waals surface area (Å²) >= 11 is 1.80. The summed E-state index contributed by atoms with van der Waals surface area (Å²) in [6.07, 6.45) is 0. The largest absolute Gasteiger partial charge is 0.395 e. The van der Waals surface area contributed by atoms with Gasteiger partial charge in [-0.2, -0.15) is 0 Å². The first-order valence-corrected chi connectivity index (χ1v) is 6.88. The molecule has 0 bridgehead atoms. The van der Waals surface area contributed by atoms with Crippen LogP contribution < -0.4 is 0 Å². The van der Waals surface area contributed by atoms with Crippen molar-refractivity contribution in [3.63, 3.8) is 0 Å². The molecule has 0 spiro atoms. The van der Waals surface area contributed by atoms with Gasteiger partial charge in [-0.1, -0.05) is 17.7 Å². The summed E-state index contributed by atoms with van der Waals surface area (Å²) in [7, 11) is 0. The van der Waals surface area contributed by atoms with Crippen molar-refractivity contribution in [2.75, 3.05) is 38.6 Å². The molecule has 1 aromatic carbocycles. The molecule has 0 aliphatic rings. The summed E-state index contributed by atoms with van der Waals surface area (Å²) < 4.78 is 0. The fourth-order valence-corrected chi connectivity index (χ4v) is 2.46. The Morgan fingerprint density at radius 3 is 2.12 bits per heavy atom. The van der Waals surface area contributed by atoms with E-state index in [9.17, 15) is 0 Å². The first-order valence-electron chi connectivity index (χ1n) is 5.90. The van der Waals surface area contributed by atoms with E-state index in [1.165, 1.54) is 10.5 Å². The first-order chi connectivity index (χ1) is 8.26. The van der Waals surface area contributed by atoms with E-state index in [2.05, 4.69) is 36.1 Å². The lowest BCUT2D eigenvalue weighted by atomic mass is 10.2. The Hall–Kier alpha value is -0.550. The zero-order valence-corrected chi connectivity index (χ0v) is 11.1. The summed E-state index contributed by atoms with van der Waals surface area (Å²) in [6, 6.07) is 8.48. The van der Waals surface area contributed by atoms with Crippen molar-refractivity contribution in [3.8, 4) is 0 Å². The fraction of sp³-hybridized carbons (Fsp3) is 0.538. The number of benzene rings is 1. The Kier molecular flexibility index (Phi) is 7.28. The van der Waals surface area contributed by atoms with Gasteiger partial charge < -0.3 is 10.2 Å². The van der Waals surface area contributed by atoms with E-state index in [0.717, 1.165) is 12.3 Å². The van der Waals surface area contributed by atoms with Crippen LogP contribution in [0, 0.1) is 6.92 Å². The Labute approximate surface area is 107 Å². The van der Waals surface area contributed by atoms with Crippen molar-refractivity contribution < 1.29 is 10.2 Å². The minimum atomic E-state index is 0.148. The van der Waals surface area contributed by atoms with Crippen LogP contribution in [0.25, 0.3) is 0 Å². The summed E-state index contributed by atoms with van der Waals surface area (Å²) in [5.41, 5.74) is 1.27. The van der Waals surface area contributed by atoms with Crippen LogP contribution in [-0.2, 0) is 0 Å². The minimum absolute atomic E-state index is 0.148. The van der Waals surface area contributed by atoms with Crippen molar-refractivity contribution in [3.05, 3.63) is 29.8 Å². The molecule has 0 heterocycles.